The maximum atomic E-state index is 13.0. The third-order valence-electron chi connectivity index (χ3n) is 3.11. The number of rotatable bonds is 2. The number of nitrogens with zero attached hydrogens (tertiary/aromatic N) is 1. The monoisotopic (exact) mass is 270 g/mol. The van der Waals surface area contributed by atoms with E-state index in [1.54, 1.807) is 30.3 Å². The van der Waals surface area contributed by atoms with E-state index < -0.39 is 0 Å². The van der Waals surface area contributed by atoms with Crippen LogP contribution in [0.3, 0.4) is 0 Å². The van der Waals surface area contributed by atoms with E-state index in [2.05, 4.69) is 10.2 Å². The summed E-state index contributed by atoms with van der Waals surface area (Å²) in [5.41, 5.74) is 1.05. The number of hydrogen-bond acceptors (Lipinski definition) is 3. The van der Waals surface area contributed by atoms with Crippen molar-refractivity contribution in [2.45, 2.75) is 0 Å². The summed E-state index contributed by atoms with van der Waals surface area (Å²) in [4.78, 5) is 11.9. The first-order valence-corrected chi connectivity index (χ1v) is 6.01. The fraction of sp³-hybridized carbons (Fsp3) is 0.0667. The van der Waals surface area contributed by atoms with Crippen LogP contribution in [0.4, 0.5) is 4.39 Å². The maximum Gasteiger partial charge on any atom is 0.272 e. The average molecular weight is 270 g/mol. The Morgan fingerprint density at radius 2 is 1.85 bits per heavy atom. The second-order valence-electron chi connectivity index (χ2n) is 4.32. The van der Waals surface area contributed by atoms with Gasteiger partial charge in [-0.2, -0.15) is 5.10 Å². The van der Waals surface area contributed by atoms with E-state index in [-0.39, 0.29) is 11.4 Å². The Bertz CT molecular complexity index is 825. The summed E-state index contributed by atoms with van der Waals surface area (Å²) in [6, 6.07) is 11.2. The molecule has 0 saturated carbocycles. The lowest BCUT2D eigenvalue weighted by molar-refractivity contribution is 0.415. The van der Waals surface area contributed by atoms with E-state index in [0.29, 0.717) is 22.2 Å². The summed E-state index contributed by atoms with van der Waals surface area (Å²) in [7, 11) is 1.54. The fourth-order valence-electron chi connectivity index (χ4n) is 2.10. The molecule has 0 spiro atoms. The largest absolute Gasteiger partial charge is 0.497 e. The molecule has 5 heteroatoms. The summed E-state index contributed by atoms with van der Waals surface area (Å²) in [6.07, 6.45) is 0. The number of nitrogens with one attached hydrogen (secondary N) is 1. The minimum absolute atomic E-state index is 0.287. The lowest BCUT2D eigenvalue weighted by atomic mass is 10.0. The van der Waals surface area contributed by atoms with Crippen molar-refractivity contribution in [3.05, 3.63) is 58.6 Å². The number of hydrogen-bond donors (Lipinski definition) is 1. The van der Waals surface area contributed by atoms with E-state index in [1.807, 2.05) is 0 Å². The predicted molar refractivity (Wildman–Crippen MR) is 74.3 cm³/mol. The van der Waals surface area contributed by atoms with Gasteiger partial charge in [0.25, 0.3) is 5.56 Å². The van der Waals surface area contributed by atoms with Gasteiger partial charge in [-0.1, -0.05) is 0 Å². The van der Waals surface area contributed by atoms with Crippen LogP contribution in [0.2, 0.25) is 0 Å². The van der Waals surface area contributed by atoms with E-state index in [1.165, 1.54) is 19.2 Å². The van der Waals surface area contributed by atoms with Crippen molar-refractivity contribution < 1.29 is 9.13 Å². The van der Waals surface area contributed by atoms with Crippen molar-refractivity contribution >= 4 is 10.8 Å². The number of aromatic amines is 1. The second kappa shape index (κ2) is 4.77. The molecule has 0 aliphatic carbocycles. The Balaban J connectivity index is 2.29. The average Bonchev–Trinajstić information content (AvgIpc) is 2.49. The standard InChI is InChI=1S/C15H11FN2O2/c1-20-11-6-7-12-13(8-11)15(19)18-17-14(12)9-2-4-10(16)5-3-9/h2-8H,1H3,(H,18,19). The molecule has 0 atom stereocenters. The van der Waals surface area contributed by atoms with E-state index in [0.717, 1.165) is 5.56 Å². The van der Waals surface area contributed by atoms with Gasteiger partial charge in [0, 0.05) is 10.9 Å². The number of aromatic nitrogens is 2. The van der Waals surface area contributed by atoms with Crippen molar-refractivity contribution in [3.8, 4) is 17.0 Å². The van der Waals surface area contributed by atoms with Crippen LogP contribution in [0.1, 0.15) is 0 Å². The van der Waals surface area contributed by atoms with E-state index in [4.69, 9.17) is 4.74 Å². The first kappa shape index (κ1) is 12.3. The quantitative estimate of drug-likeness (QED) is 0.779. The highest BCUT2D eigenvalue weighted by Crippen LogP contribution is 2.26. The van der Waals surface area contributed by atoms with Crippen molar-refractivity contribution in [2.75, 3.05) is 7.11 Å². The summed E-state index contributed by atoms with van der Waals surface area (Å²) < 4.78 is 18.1. The maximum absolute atomic E-state index is 13.0. The van der Waals surface area contributed by atoms with Crippen LogP contribution in [0.15, 0.2) is 47.3 Å². The van der Waals surface area contributed by atoms with Gasteiger partial charge in [0.15, 0.2) is 0 Å². The zero-order chi connectivity index (χ0) is 14.1. The molecular weight excluding hydrogens is 259 g/mol. The topological polar surface area (TPSA) is 55.0 Å². The van der Waals surface area contributed by atoms with Crippen molar-refractivity contribution in [3.63, 3.8) is 0 Å². The first-order chi connectivity index (χ1) is 9.69. The van der Waals surface area contributed by atoms with Gasteiger partial charge in [0.2, 0.25) is 0 Å². The SMILES string of the molecule is COc1ccc2c(-c3ccc(F)cc3)n[nH]c(=O)c2c1. The first-order valence-electron chi connectivity index (χ1n) is 6.01. The molecule has 0 aliphatic rings. The lowest BCUT2D eigenvalue weighted by Crippen LogP contribution is -2.09. The van der Waals surface area contributed by atoms with Crippen LogP contribution < -0.4 is 10.3 Å². The zero-order valence-electron chi connectivity index (χ0n) is 10.7. The molecule has 1 N–H and O–H groups in total. The molecule has 0 bridgehead atoms. The summed E-state index contributed by atoms with van der Waals surface area (Å²) >= 11 is 0. The molecule has 2 aromatic carbocycles. The molecular formula is C15H11FN2O2. The molecule has 3 rings (SSSR count). The van der Waals surface area contributed by atoms with Gasteiger partial charge in [-0.05, 0) is 42.5 Å². The van der Waals surface area contributed by atoms with Crippen LogP contribution in [0, 0.1) is 5.82 Å². The fourth-order valence-corrected chi connectivity index (χ4v) is 2.10. The minimum atomic E-state index is -0.316. The van der Waals surface area contributed by atoms with Gasteiger partial charge in [0.05, 0.1) is 18.2 Å². The van der Waals surface area contributed by atoms with Gasteiger partial charge >= 0.3 is 0 Å². The van der Waals surface area contributed by atoms with Gasteiger partial charge in [0.1, 0.15) is 11.6 Å². The summed E-state index contributed by atoms with van der Waals surface area (Å²) in [5.74, 6) is 0.281. The number of benzene rings is 2. The Hall–Kier alpha value is -2.69. The van der Waals surface area contributed by atoms with Gasteiger partial charge in [-0.25, -0.2) is 9.49 Å². The van der Waals surface area contributed by atoms with Gasteiger partial charge in [-0.3, -0.25) is 4.79 Å². The Kier molecular flexibility index (Phi) is 2.95. The Labute approximate surface area is 113 Å². The van der Waals surface area contributed by atoms with Crippen LogP contribution in [-0.4, -0.2) is 17.3 Å². The van der Waals surface area contributed by atoms with Crippen molar-refractivity contribution in [1.82, 2.24) is 10.2 Å². The number of methoxy groups -OCH3 is 1. The minimum Gasteiger partial charge on any atom is -0.497 e. The molecule has 0 saturated heterocycles. The van der Waals surface area contributed by atoms with Crippen LogP contribution in [0.5, 0.6) is 5.75 Å². The third kappa shape index (κ3) is 2.03. The highest BCUT2D eigenvalue weighted by atomic mass is 19.1. The zero-order valence-corrected chi connectivity index (χ0v) is 10.7. The lowest BCUT2D eigenvalue weighted by Gasteiger charge is -2.06. The third-order valence-corrected chi connectivity index (χ3v) is 3.11. The smallest absolute Gasteiger partial charge is 0.272 e. The summed E-state index contributed by atoms with van der Waals surface area (Å²) in [5, 5.41) is 7.69. The highest BCUT2D eigenvalue weighted by Gasteiger charge is 2.09. The highest BCUT2D eigenvalue weighted by molar-refractivity contribution is 5.94. The Morgan fingerprint density at radius 1 is 1.10 bits per heavy atom. The van der Waals surface area contributed by atoms with Crippen molar-refractivity contribution in [2.24, 2.45) is 0 Å². The molecule has 0 amide bonds. The van der Waals surface area contributed by atoms with Crippen LogP contribution in [0.25, 0.3) is 22.0 Å². The van der Waals surface area contributed by atoms with Crippen LogP contribution in [-0.2, 0) is 0 Å². The van der Waals surface area contributed by atoms with E-state index in [9.17, 15) is 9.18 Å². The van der Waals surface area contributed by atoms with Crippen LogP contribution >= 0.6 is 0 Å². The predicted octanol–water partition coefficient (Wildman–Crippen LogP) is 2.74. The molecule has 4 nitrogen and oxygen atoms in total. The molecule has 0 aliphatic heterocycles. The van der Waals surface area contributed by atoms with Crippen molar-refractivity contribution in [1.29, 1.82) is 0 Å². The normalized spacial score (nSPS) is 10.7. The summed E-state index contributed by atoms with van der Waals surface area (Å²) in [6.45, 7) is 0. The molecule has 100 valence electrons. The molecule has 1 heterocycles. The number of halogens is 1. The molecule has 0 radical (unpaired) electrons. The van der Waals surface area contributed by atoms with E-state index >= 15 is 0 Å². The molecule has 1 aromatic heterocycles. The molecule has 3 aromatic rings. The van der Waals surface area contributed by atoms with Gasteiger partial charge < -0.3 is 4.74 Å². The number of fused-ring (bicyclic) bond motifs is 1. The Morgan fingerprint density at radius 3 is 2.55 bits per heavy atom. The number of H-pyrrole nitrogens is 1. The second-order valence-corrected chi connectivity index (χ2v) is 4.32. The number of ether oxygens (including phenoxy) is 1. The molecule has 0 fully saturated rings. The molecule has 0 unspecified atom stereocenters. The molecule has 20 heavy (non-hydrogen) atoms. The van der Waals surface area contributed by atoms with Gasteiger partial charge in [-0.15, -0.1) is 0 Å².